The van der Waals surface area contributed by atoms with Gasteiger partial charge in [0, 0.05) is 0 Å². The smallest absolute Gasteiger partial charge is 0.0414 e. The van der Waals surface area contributed by atoms with Crippen molar-refractivity contribution < 1.29 is 0 Å². The van der Waals surface area contributed by atoms with Crippen LogP contribution in [0.1, 0.15) is 270 Å². The molecule has 0 spiro atoms. The number of hydrogen-bond acceptors (Lipinski definition) is 0. The molecule has 0 aromatic rings. The van der Waals surface area contributed by atoms with Crippen molar-refractivity contribution >= 4 is 0 Å². The van der Waals surface area contributed by atoms with Crippen molar-refractivity contribution in [3.05, 3.63) is 0 Å². The van der Waals surface area contributed by atoms with Gasteiger partial charge < -0.3 is 0 Å². The molecule has 1 rings (SSSR count). The molecule has 0 heteroatoms. The molecule has 0 unspecified atom stereocenters. The Hall–Kier alpha value is 0. The minimum absolute atomic E-state index is 1.04. The van der Waals surface area contributed by atoms with Gasteiger partial charge in [0.15, 0.2) is 0 Å². The van der Waals surface area contributed by atoms with E-state index >= 15 is 0 Å². The van der Waals surface area contributed by atoms with E-state index in [1.165, 1.54) is 244 Å². The fraction of sp³-hybridized carbons (Fsp3) is 1.00. The van der Waals surface area contributed by atoms with E-state index < -0.39 is 0 Å². The third-order valence-corrected chi connectivity index (χ3v) is 10.9. The molecule has 0 amide bonds. The lowest BCUT2D eigenvalue weighted by atomic mass is 9.89. The lowest BCUT2D eigenvalue weighted by Gasteiger charge is -2.17. The van der Waals surface area contributed by atoms with Gasteiger partial charge in [-0.05, 0) is 5.92 Å². The van der Waals surface area contributed by atoms with E-state index in [0.717, 1.165) is 5.92 Å². The zero-order valence-electron chi connectivity index (χ0n) is 30.6. The first-order chi connectivity index (χ1) is 21.4. The summed E-state index contributed by atoms with van der Waals surface area (Å²) in [7, 11) is 0. The van der Waals surface area contributed by atoms with Crippen LogP contribution in [0.25, 0.3) is 0 Å². The van der Waals surface area contributed by atoms with Gasteiger partial charge >= 0.3 is 0 Å². The van der Waals surface area contributed by atoms with E-state index in [1.807, 2.05) is 0 Å². The molecule has 0 heterocycles. The second-order valence-electron chi connectivity index (χ2n) is 15.3. The molecule has 0 nitrogen and oxygen atoms in total. The van der Waals surface area contributed by atoms with Crippen molar-refractivity contribution in [2.75, 3.05) is 0 Å². The third-order valence-electron chi connectivity index (χ3n) is 10.9. The van der Waals surface area contributed by atoms with Crippen molar-refractivity contribution in [2.24, 2.45) is 5.92 Å². The second kappa shape index (κ2) is 36.5. The average Bonchev–Trinajstić information content (AvgIpc) is 3.02. The highest BCUT2D eigenvalue weighted by atomic mass is 14.1. The maximum atomic E-state index is 2.32. The summed E-state index contributed by atoms with van der Waals surface area (Å²) in [6, 6.07) is 0. The summed E-state index contributed by atoms with van der Waals surface area (Å²) in [5, 5.41) is 0. The minimum Gasteiger partial charge on any atom is -0.0654 e. The highest BCUT2D eigenvalue weighted by Gasteiger charge is 2.09. The van der Waals surface area contributed by atoms with Crippen LogP contribution in [0.2, 0.25) is 0 Å². The molecule has 1 fully saturated rings. The van der Waals surface area contributed by atoms with Crippen LogP contribution in [0.5, 0.6) is 0 Å². The van der Waals surface area contributed by atoms with Gasteiger partial charge in [-0.1, -0.05) is 270 Å². The molecule has 0 saturated heterocycles. The van der Waals surface area contributed by atoms with E-state index in [4.69, 9.17) is 0 Å². The first-order valence-electron chi connectivity index (χ1n) is 21.4. The SMILES string of the molecule is CCCCCCCCCCCCCCCCCCCC1CCCCCCCCCCCCCCCCCCCCCCC1. The molecule has 1 aliphatic carbocycles. The zero-order valence-corrected chi connectivity index (χ0v) is 30.6. The molecule has 258 valence electrons. The van der Waals surface area contributed by atoms with Gasteiger partial charge in [-0.25, -0.2) is 0 Å². The standard InChI is InChI=1S/C43H86/c1-2-3-4-5-6-7-8-9-10-16-19-22-25-28-31-34-37-40-43-41-38-35-32-29-26-23-20-17-14-12-11-13-15-18-21-24-27-30-33-36-39-42-43/h43H,2-42H2,1H3. The largest absolute Gasteiger partial charge is 0.0654 e. The Balaban J connectivity index is 2.06. The van der Waals surface area contributed by atoms with Crippen molar-refractivity contribution in [1.29, 1.82) is 0 Å². The quantitative estimate of drug-likeness (QED) is 0.137. The minimum atomic E-state index is 1.04. The third kappa shape index (κ3) is 33.2. The summed E-state index contributed by atoms with van der Waals surface area (Å²) in [6.07, 6.45) is 61.5. The summed E-state index contributed by atoms with van der Waals surface area (Å²) in [6.45, 7) is 2.32. The predicted octanol–water partition coefficient (Wildman–Crippen LogP) is 16.6. The number of rotatable bonds is 18. The highest BCUT2D eigenvalue weighted by Crippen LogP contribution is 2.25. The molecule has 0 N–H and O–H groups in total. The van der Waals surface area contributed by atoms with Crippen LogP contribution in [0.15, 0.2) is 0 Å². The molecule has 1 aliphatic rings. The van der Waals surface area contributed by atoms with Crippen LogP contribution >= 0.6 is 0 Å². The maximum Gasteiger partial charge on any atom is -0.0414 e. The molecule has 0 aromatic heterocycles. The molecule has 0 aliphatic heterocycles. The molecule has 0 radical (unpaired) electrons. The molecule has 43 heavy (non-hydrogen) atoms. The van der Waals surface area contributed by atoms with Gasteiger partial charge in [0.2, 0.25) is 0 Å². The van der Waals surface area contributed by atoms with Crippen LogP contribution < -0.4 is 0 Å². The molecule has 0 bridgehead atoms. The van der Waals surface area contributed by atoms with Crippen LogP contribution in [-0.2, 0) is 0 Å². The second-order valence-corrected chi connectivity index (χ2v) is 15.3. The van der Waals surface area contributed by atoms with E-state index in [-0.39, 0.29) is 0 Å². The Morgan fingerprint density at radius 2 is 0.465 bits per heavy atom. The fourth-order valence-electron chi connectivity index (χ4n) is 7.82. The first kappa shape index (κ1) is 41.0. The van der Waals surface area contributed by atoms with Gasteiger partial charge in [0.1, 0.15) is 0 Å². The Morgan fingerprint density at radius 3 is 0.721 bits per heavy atom. The maximum absolute atomic E-state index is 2.32. The summed E-state index contributed by atoms with van der Waals surface area (Å²) < 4.78 is 0. The van der Waals surface area contributed by atoms with Gasteiger partial charge in [0.25, 0.3) is 0 Å². The Kier molecular flexibility index (Phi) is 34.8. The molecule has 0 atom stereocenters. The van der Waals surface area contributed by atoms with Crippen molar-refractivity contribution in [2.45, 2.75) is 270 Å². The van der Waals surface area contributed by atoms with Gasteiger partial charge in [-0.2, -0.15) is 0 Å². The van der Waals surface area contributed by atoms with E-state index in [9.17, 15) is 0 Å². The molecular weight excluding hydrogens is 516 g/mol. The Bertz CT molecular complexity index is 456. The topological polar surface area (TPSA) is 0 Å². The van der Waals surface area contributed by atoms with E-state index in [0.29, 0.717) is 0 Å². The lowest BCUT2D eigenvalue weighted by Crippen LogP contribution is -2.01. The van der Waals surface area contributed by atoms with E-state index in [1.54, 1.807) is 19.3 Å². The Labute approximate surface area is 275 Å². The number of unbranched alkanes of at least 4 members (excludes halogenated alkanes) is 16. The van der Waals surface area contributed by atoms with Gasteiger partial charge in [-0.15, -0.1) is 0 Å². The Morgan fingerprint density at radius 1 is 0.256 bits per heavy atom. The molecule has 1 saturated carbocycles. The normalized spacial score (nSPS) is 19.2. The highest BCUT2D eigenvalue weighted by molar-refractivity contribution is 4.63. The monoisotopic (exact) mass is 603 g/mol. The predicted molar refractivity (Wildman–Crippen MR) is 198 cm³/mol. The fourth-order valence-corrected chi connectivity index (χ4v) is 7.82. The van der Waals surface area contributed by atoms with Crippen LogP contribution in [0.3, 0.4) is 0 Å². The van der Waals surface area contributed by atoms with Crippen LogP contribution in [0, 0.1) is 5.92 Å². The van der Waals surface area contributed by atoms with Crippen molar-refractivity contribution in [3.63, 3.8) is 0 Å². The van der Waals surface area contributed by atoms with Gasteiger partial charge in [-0.3, -0.25) is 0 Å². The van der Waals surface area contributed by atoms with Crippen molar-refractivity contribution in [3.8, 4) is 0 Å². The number of hydrogen-bond donors (Lipinski definition) is 0. The van der Waals surface area contributed by atoms with Crippen LogP contribution in [0.4, 0.5) is 0 Å². The van der Waals surface area contributed by atoms with E-state index in [2.05, 4.69) is 6.92 Å². The summed E-state index contributed by atoms with van der Waals surface area (Å²) in [5.41, 5.74) is 0. The average molecular weight is 603 g/mol. The molecular formula is C43H86. The molecule has 0 aromatic carbocycles. The summed E-state index contributed by atoms with van der Waals surface area (Å²) in [4.78, 5) is 0. The summed E-state index contributed by atoms with van der Waals surface area (Å²) in [5.74, 6) is 1.04. The lowest BCUT2D eigenvalue weighted by molar-refractivity contribution is 0.365. The summed E-state index contributed by atoms with van der Waals surface area (Å²) >= 11 is 0. The van der Waals surface area contributed by atoms with Crippen LogP contribution in [-0.4, -0.2) is 0 Å². The van der Waals surface area contributed by atoms with Crippen molar-refractivity contribution in [1.82, 2.24) is 0 Å². The first-order valence-corrected chi connectivity index (χ1v) is 21.4. The van der Waals surface area contributed by atoms with Gasteiger partial charge in [0.05, 0.1) is 0 Å². The zero-order chi connectivity index (χ0) is 30.6.